The average Bonchev–Trinajstić information content (AvgIpc) is 3.31. The van der Waals surface area contributed by atoms with Gasteiger partial charge in [0.05, 0.1) is 18.3 Å². The van der Waals surface area contributed by atoms with E-state index in [0.717, 1.165) is 25.1 Å². The van der Waals surface area contributed by atoms with E-state index in [1.165, 1.54) is 4.68 Å². The molecule has 8 nitrogen and oxygen atoms in total. The number of benzene rings is 1. The molecule has 1 saturated heterocycles. The molecule has 1 aliphatic heterocycles. The molecule has 146 valence electrons. The summed E-state index contributed by atoms with van der Waals surface area (Å²) < 4.78 is 7.20. The van der Waals surface area contributed by atoms with E-state index in [9.17, 15) is 4.79 Å². The Bertz CT molecular complexity index is 764. The molecule has 27 heavy (non-hydrogen) atoms. The monoisotopic (exact) mass is 410 g/mol. The molecule has 10 heteroatoms. The third-order valence-corrected chi connectivity index (χ3v) is 4.57. The smallest absolute Gasteiger partial charge is 0.347 e. The average molecular weight is 411 g/mol. The normalized spacial score (nSPS) is 16.0. The Hall–Kier alpha value is -2.10. The number of carbonyl (C=O) groups excluding carboxylic acids is 1. The van der Waals surface area contributed by atoms with E-state index in [2.05, 4.69) is 20.8 Å². The fourth-order valence-electron chi connectivity index (χ4n) is 2.81. The number of aromatic nitrogens is 4. The maximum absolute atomic E-state index is 12.5. The topological polar surface area (TPSA) is 85.2 Å². The van der Waals surface area contributed by atoms with Gasteiger partial charge >= 0.3 is 6.01 Å². The maximum atomic E-state index is 12.5. The minimum absolute atomic E-state index is 0. The Labute approximate surface area is 169 Å². The fourth-order valence-corrected chi connectivity index (χ4v) is 3.16. The Morgan fingerprint density at radius 3 is 2.78 bits per heavy atom. The van der Waals surface area contributed by atoms with Crippen LogP contribution in [0.25, 0.3) is 5.69 Å². The highest BCUT2D eigenvalue weighted by atomic mass is 35.5. The lowest BCUT2D eigenvalue weighted by Crippen LogP contribution is -2.46. The predicted octanol–water partition coefficient (Wildman–Crippen LogP) is 1.78. The van der Waals surface area contributed by atoms with Gasteiger partial charge in [0.1, 0.15) is 0 Å². The number of nitrogens with zero attached hydrogens (tertiary/aromatic N) is 5. The summed E-state index contributed by atoms with van der Waals surface area (Å²) in [7, 11) is 0. The first-order valence-electron chi connectivity index (χ1n) is 8.64. The van der Waals surface area contributed by atoms with Crippen LogP contribution in [0.4, 0.5) is 0 Å². The number of rotatable bonds is 6. The van der Waals surface area contributed by atoms with Gasteiger partial charge in [-0.15, -0.1) is 12.4 Å². The van der Waals surface area contributed by atoms with Crippen LogP contribution < -0.4 is 10.1 Å². The van der Waals surface area contributed by atoms with Crippen molar-refractivity contribution in [3.05, 3.63) is 30.3 Å². The molecule has 0 amide bonds. The molecule has 2 heterocycles. The highest BCUT2D eigenvalue weighted by Crippen LogP contribution is 2.15. The molecule has 3 rings (SSSR count). The first kappa shape index (κ1) is 21.2. The van der Waals surface area contributed by atoms with E-state index in [-0.39, 0.29) is 48.0 Å². The number of ketones is 1. The van der Waals surface area contributed by atoms with Crippen LogP contribution in [0.2, 0.25) is 0 Å². The molecular weight excluding hydrogens is 388 g/mol. The van der Waals surface area contributed by atoms with Crippen molar-refractivity contribution in [1.29, 1.82) is 0 Å². The Balaban J connectivity index is 0.00000261. The molecule has 1 fully saturated rings. The summed E-state index contributed by atoms with van der Waals surface area (Å²) in [5.74, 6) is 0.116. The third-order valence-electron chi connectivity index (χ3n) is 4.25. The van der Waals surface area contributed by atoms with Crippen LogP contribution in [0.1, 0.15) is 26.7 Å². The number of ether oxygens (including phenoxy) is 1. The minimum Gasteiger partial charge on any atom is -0.395 e. The van der Waals surface area contributed by atoms with E-state index in [1.807, 2.05) is 44.2 Å². The van der Waals surface area contributed by atoms with Crippen LogP contribution in [0.5, 0.6) is 6.01 Å². The molecule has 1 atom stereocenters. The number of hydrogen-bond donors (Lipinski definition) is 1. The lowest BCUT2D eigenvalue weighted by molar-refractivity contribution is -0.121. The number of carbonyl (C=O) groups is 1. The highest BCUT2D eigenvalue weighted by Gasteiger charge is 2.27. The molecule has 1 aliphatic rings. The Morgan fingerprint density at radius 1 is 1.41 bits per heavy atom. The summed E-state index contributed by atoms with van der Waals surface area (Å²) in [6, 6.07) is 9.46. The van der Waals surface area contributed by atoms with Gasteiger partial charge in [-0.25, -0.2) is 0 Å². The third kappa shape index (κ3) is 5.21. The number of Topliss-reactive ketones (excluding diaryl/α,β-unsaturated/α-hetero) is 1. The zero-order valence-corrected chi connectivity index (χ0v) is 16.9. The van der Waals surface area contributed by atoms with Gasteiger partial charge < -0.3 is 15.0 Å². The van der Waals surface area contributed by atoms with Gasteiger partial charge in [-0.1, -0.05) is 23.3 Å². The highest BCUT2D eigenvalue weighted by molar-refractivity contribution is 7.80. The lowest BCUT2D eigenvalue weighted by Gasteiger charge is -2.28. The largest absolute Gasteiger partial charge is 0.395 e. The Morgan fingerprint density at radius 2 is 2.15 bits per heavy atom. The van der Waals surface area contributed by atoms with Crippen molar-refractivity contribution in [2.24, 2.45) is 0 Å². The summed E-state index contributed by atoms with van der Waals surface area (Å²) in [5, 5.41) is 14.9. The molecule has 0 aliphatic carbocycles. The summed E-state index contributed by atoms with van der Waals surface area (Å²) >= 11 is 5.42. The second-order valence-electron chi connectivity index (χ2n) is 6.41. The standard InChI is InChI=1S/C17H22N6O2S.ClH/c1-12(2)22(11-15(24)14-9-6-10-18-14)17(26)25-16-19-20-21-23(16)13-7-4-3-5-8-13;/h3-5,7-8,12,14,18H,6,9-11H2,1-2H3;1H/t14-;/m1./s1. The van der Waals surface area contributed by atoms with Gasteiger partial charge in [0.2, 0.25) is 0 Å². The summed E-state index contributed by atoms with van der Waals surface area (Å²) in [6.45, 7) is 5.00. The molecule has 0 radical (unpaired) electrons. The first-order chi connectivity index (χ1) is 12.6. The molecule has 2 aromatic rings. The Kier molecular flexibility index (Phi) is 7.64. The molecule has 0 saturated carbocycles. The van der Waals surface area contributed by atoms with Gasteiger partial charge in [0.25, 0.3) is 5.17 Å². The zero-order valence-electron chi connectivity index (χ0n) is 15.2. The number of thiocarbonyl (C=S) groups is 1. The van der Waals surface area contributed by atoms with Crippen molar-refractivity contribution in [2.45, 2.75) is 38.8 Å². The molecule has 0 spiro atoms. The quantitative estimate of drug-likeness (QED) is 0.721. The lowest BCUT2D eigenvalue weighted by atomic mass is 10.1. The van der Waals surface area contributed by atoms with Gasteiger partial charge in [-0.3, -0.25) is 4.79 Å². The van der Waals surface area contributed by atoms with Crippen LogP contribution in [-0.4, -0.2) is 61.2 Å². The SMILES string of the molecule is CC(C)N(CC(=O)[C@H]1CCCN1)C(=S)Oc1nnnn1-c1ccccc1.Cl. The molecule has 0 unspecified atom stereocenters. The van der Waals surface area contributed by atoms with Crippen LogP contribution in [-0.2, 0) is 4.79 Å². The van der Waals surface area contributed by atoms with Crippen LogP contribution in [0, 0.1) is 0 Å². The van der Waals surface area contributed by atoms with Gasteiger partial charge in [-0.2, -0.15) is 4.68 Å². The van der Waals surface area contributed by atoms with E-state index < -0.39 is 0 Å². The molecule has 1 N–H and O–H groups in total. The van der Waals surface area contributed by atoms with Crippen LogP contribution >= 0.6 is 24.6 Å². The number of tetrazole rings is 1. The van der Waals surface area contributed by atoms with Crippen LogP contribution in [0.15, 0.2) is 30.3 Å². The van der Waals surface area contributed by atoms with Crippen molar-refractivity contribution in [3.8, 4) is 11.7 Å². The summed E-state index contributed by atoms with van der Waals surface area (Å²) in [5.41, 5.74) is 0.762. The molecular formula is C17H23ClN6O2S. The van der Waals surface area contributed by atoms with E-state index >= 15 is 0 Å². The molecule has 1 aromatic carbocycles. The van der Waals surface area contributed by atoms with Crippen molar-refractivity contribution < 1.29 is 9.53 Å². The zero-order chi connectivity index (χ0) is 18.5. The van der Waals surface area contributed by atoms with E-state index in [1.54, 1.807) is 4.90 Å². The van der Waals surface area contributed by atoms with E-state index in [4.69, 9.17) is 17.0 Å². The fraction of sp³-hybridized carbons (Fsp3) is 0.471. The number of hydrogen-bond acceptors (Lipinski definition) is 7. The van der Waals surface area contributed by atoms with Crippen LogP contribution in [0.3, 0.4) is 0 Å². The first-order valence-corrected chi connectivity index (χ1v) is 9.05. The number of nitrogens with one attached hydrogen (secondary N) is 1. The minimum atomic E-state index is -0.103. The molecule has 1 aromatic heterocycles. The molecule has 0 bridgehead atoms. The van der Waals surface area contributed by atoms with Gasteiger partial charge in [-0.05, 0) is 68.0 Å². The van der Waals surface area contributed by atoms with Gasteiger partial charge in [0, 0.05) is 6.04 Å². The maximum Gasteiger partial charge on any atom is 0.347 e. The summed E-state index contributed by atoms with van der Waals surface area (Å²) in [6.07, 6.45) is 1.88. The second kappa shape index (κ2) is 9.72. The predicted molar refractivity (Wildman–Crippen MR) is 108 cm³/mol. The summed E-state index contributed by atoms with van der Waals surface area (Å²) in [4.78, 5) is 14.2. The number of para-hydroxylation sites is 1. The number of halogens is 1. The van der Waals surface area contributed by atoms with Gasteiger partial charge in [0.15, 0.2) is 5.78 Å². The van der Waals surface area contributed by atoms with Crippen molar-refractivity contribution in [2.75, 3.05) is 13.1 Å². The van der Waals surface area contributed by atoms with Crippen molar-refractivity contribution >= 4 is 35.6 Å². The second-order valence-corrected chi connectivity index (χ2v) is 6.76. The van der Waals surface area contributed by atoms with Crippen molar-refractivity contribution in [3.63, 3.8) is 0 Å². The van der Waals surface area contributed by atoms with E-state index in [0.29, 0.717) is 0 Å². The van der Waals surface area contributed by atoms with Crippen molar-refractivity contribution in [1.82, 2.24) is 30.4 Å².